The number of aromatic nitrogens is 3. The third-order valence-electron chi connectivity index (χ3n) is 2.64. The molecule has 6 nitrogen and oxygen atoms in total. The molecule has 2 rings (SSSR count). The van der Waals surface area contributed by atoms with Gasteiger partial charge >= 0.3 is 29.6 Å². The first-order valence-electron chi connectivity index (χ1n) is 5.80. The van der Waals surface area contributed by atoms with E-state index in [9.17, 15) is 4.79 Å². The Bertz CT molecular complexity index is 514. The summed E-state index contributed by atoms with van der Waals surface area (Å²) >= 11 is 0. The van der Waals surface area contributed by atoms with Crippen LogP contribution >= 0.6 is 0 Å². The van der Waals surface area contributed by atoms with Crippen molar-refractivity contribution in [2.24, 2.45) is 0 Å². The van der Waals surface area contributed by atoms with Crippen molar-refractivity contribution < 1.29 is 44.9 Å². The summed E-state index contributed by atoms with van der Waals surface area (Å²) in [7, 11) is 0. The van der Waals surface area contributed by atoms with Gasteiger partial charge in [0.05, 0.1) is 5.69 Å². The fourth-order valence-corrected chi connectivity index (χ4v) is 1.65. The van der Waals surface area contributed by atoms with Crippen molar-refractivity contribution in [2.75, 3.05) is 0 Å². The molecule has 2 N–H and O–H groups in total. The van der Waals surface area contributed by atoms with Crippen LogP contribution in [0.5, 0.6) is 5.75 Å². The van der Waals surface area contributed by atoms with E-state index in [2.05, 4.69) is 10.3 Å². The summed E-state index contributed by atoms with van der Waals surface area (Å²) in [6, 6.07) is 7.10. The average molecular weight is 284 g/mol. The number of aromatic hydroxyl groups is 1. The quantitative estimate of drug-likeness (QED) is 0.493. The number of aryl methyl sites for hydroxylation is 3. The van der Waals surface area contributed by atoms with E-state index in [0.717, 1.165) is 24.2 Å². The molecule has 0 aliphatic heterocycles. The Kier molecular flexibility index (Phi) is 9.07. The normalized spacial score (nSPS) is 9.40. The molecule has 0 aliphatic carbocycles. The van der Waals surface area contributed by atoms with Crippen LogP contribution in [-0.4, -0.2) is 31.9 Å². The third kappa shape index (κ3) is 5.83. The van der Waals surface area contributed by atoms with Gasteiger partial charge in [0.1, 0.15) is 5.75 Å². The Hall–Kier alpha value is -1.21. The van der Waals surface area contributed by atoms with Gasteiger partial charge in [-0.15, -0.1) is 11.5 Å². The van der Waals surface area contributed by atoms with Crippen LogP contribution in [0.1, 0.15) is 17.7 Å². The predicted octanol–water partition coefficient (Wildman–Crippen LogP) is -1.90. The fraction of sp³-hybridized carbons (Fsp3) is 0.308. The number of carbonyl (C=O) groups excluding carboxylic acids is 1. The Labute approximate surface area is 139 Å². The summed E-state index contributed by atoms with van der Waals surface area (Å²) in [6.07, 6.45) is 5.45. The first-order chi connectivity index (χ1) is 8.78. The minimum absolute atomic E-state index is 0. The van der Waals surface area contributed by atoms with Crippen molar-refractivity contribution in [2.45, 2.75) is 25.8 Å². The molecule has 0 fully saturated rings. The standard InChI is InChI=1S/C13H14N3O2.Na.H2O/c17-9-1-2-12-10-16(15-14-12)8-7-11-3-5-13(18)6-4-11;;/h3-6,10,18H,1-2,7-8H2;;1H2/q-1;+1;/p-1. The van der Waals surface area contributed by atoms with Gasteiger partial charge in [-0.1, -0.05) is 17.3 Å². The van der Waals surface area contributed by atoms with Gasteiger partial charge in [0.2, 0.25) is 0 Å². The molecule has 2 aromatic rings. The molecule has 0 atom stereocenters. The van der Waals surface area contributed by atoms with Gasteiger partial charge in [0.25, 0.3) is 0 Å². The van der Waals surface area contributed by atoms with Gasteiger partial charge in [-0.05, 0) is 30.5 Å². The first kappa shape index (κ1) is 18.8. The number of benzene rings is 1. The van der Waals surface area contributed by atoms with Crippen LogP contribution in [0.2, 0.25) is 0 Å². The second kappa shape index (κ2) is 9.66. The second-order valence-electron chi connectivity index (χ2n) is 4.03. The maximum atomic E-state index is 10.1. The zero-order valence-electron chi connectivity index (χ0n) is 11.4. The van der Waals surface area contributed by atoms with Crippen LogP contribution in [0.3, 0.4) is 0 Å². The van der Waals surface area contributed by atoms with E-state index >= 15 is 0 Å². The summed E-state index contributed by atoms with van der Waals surface area (Å²) in [4.78, 5) is 10.1. The van der Waals surface area contributed by atoms with E-state index < -0.39 is 0 Å². The van der Waals surface area contributed by atoms with Crippen molar-refractivity contribution in [3.8, 4) is 5.75 Å². The molecule has 0 bridgehead atoms. The smallest absolute Gasteiger partial charge is 0.870 e. The van der Waals surface area contributed by atoms with Crippen LogP contribution in [0.4, 0.5) is 0 Å². The summed E-state index contributed by atoms with van der Waals surface area (Å²) < 4.78 is 1.76. The molecule has 7 heteroatoms. The summed E-state index contributed by atoms with van der Waals surface area (Å²) in [5.74, 6) is 0.270. The molecule has 1 aromatic heterocycles. The maximum Gasteiger partial charge on any atom is 1.00 e. The Morgan fingerprint density at radius 2 is 1.90 bits per heavy atom. The number of rotatable bonds is 6. The monoisotopic (exact) mass is 284 g/mol. The topological polar surface area (TPSA) is 98.0 Å². The Morgan fingerprint density at radius 1 is 1.20 bits per heavy atom. The van der Waals surface area contributed by atoms with Crippen LogP contribution in [0.15, 0.2) is 30.5 Å². The molecule has 1 heterocycles. The van der Waals surface area contributed by atoms with E-state index in [1.54, 1.807) is 16.8 Å². The van der Waals surface area contributed by atoms with Crippen LogP contribution in [0, 0.1) is 0 Å². The van der Waals surface area contributed by atoms with Crippen molar-refractivity contribution in [1.82, 2.24) is 15.0 Å². The average Bonchev–Trinajstić information content (AvgIpc) is 2.84. The molecule has 0 aliphatic rings. The van der Waals surface area contributed by atoms with Crippen molar-refractivity contribution in [3.05, 3.63) is 41.7 Å². The van der Waals surface area contributed by atoms with Gasteiger partial charge in [-0.25, -0.2) is 0 Å². The Morgan fingerprint density at radius 3 is 2.55 bits per heavy atom. The van der Waals surface area contributed by atoms with E-state index in [1.807, 2.05) is 24.6 Å². The molecule has 0 spiro atoms. The van der Waals surface area contributed by atoms with Gasteiger partial charge in [-0.3, -0.25) is 11.0 Å². The maximum absolute atomic E-state index is 10.1. The van der Waals surface area contributed by atoms with Crippen LogP contribution in [0.25, 0.3) is 0 Å². The molecule has 0 saturated heterocycles. The first-order valence-corrected chi connectivity index (χ1v) is 5.80. The minimum atomic E-state index is 0. The number of hydrogen-bond acceptors (Lipinski definition) is 5. The molecule has 0 amide bonds. The summed E-state index contributed by atoms with van der Waals surface area (Å²) in [5, 5.41) is 17.1. The van der Waals surface area contributed by atoms with Gasteiger partial charge in [0.15, 0.2) is 0 Å². The molecule has 102 valence electrons. The predicted molar refractivity (Wildman–Crippen MR) is 67.8 cm³/mol. The zero-order valence-corrected chi connectivity index (χ0v) is 13.4. The van der Waals surface area contributed by atoms with E-state index in [-0.39, 0.29) is 40.8 Å². The van der Waals surface area contributed by atoms with Crippen molar-refractivity contribution >= 4 is 6.29 Å². The molecule has 0 unspecified atom stereocenters. The van der Waals surface area contributed by atoms with Gasteiger partial charge < -0.3 is 15.4 Å². The van der Waals surface area contributed by atoms with Crippen molar-refractivity contribution in [3.63, 3.8) is 0 Å². The van der Waals surface area contributed by atoms with E-state index in [4.69, 9.17) is 5.11 Å². The summed E-state index contributed by atoms with van der Waals surface area (Å²) in [5.41, 5.74) is 1.94. The molecule has 0 saturated carbocycles. The van der Waals surface area contributed by atoms with E-state index in [0.29, 0.717) is 12.8 Å². The molecule has 0 radical (unpaired) electrons. The SMILES string of the molecule is O=[C-]CCc1cn(CCc2ccc(O)cc2)nn1.[Na+].[OH-]. The second-order valence-corrected chi connectivity index (χ2v) is 4.03. The van der Waals surface area contributed by atoms with Crippen LogP contribution in [-0.2, 0) is 24.2 Å². The van der Waals surface area contributed by atoms with Gasteiger partial charge in [-0.2, -0.15) is 0 Å². The summed E-state index contributed by atoms with van der Waals surface area (Å²) in [6.45, 7) is 0.725. The van der Waals surface area contributed by atoms with Crippen molar-refractivity contribution in [1.29, 1.82) is 0 Å². The number of phenolic OH excluding ortho intramolecular Hbond substituents is 1. The molecular formula is C13H15N3NaO3-. The minimum Gasteiger partial charge on any atom is -0.870 e. The molecule has 20 heavy (non-hydrogen) atoms. The van der Waals surface area contributed by atoms with Gasteiger partial charge in [0, 0.05) is 12.7 Å². The number of hydrogen-bond donors (Lipinski definition) is 1. The number of phenols is 1. The fourth-order valence-electron chi connectivity index (χ4n) is 1.65. The molecular weight excluding hydrogens is 269 g/mol. The zero-order chi connectivity index (χ0) is 12.8. The number of nitrogens with zero attached hydrogens (tertiary/aromatic N) is 3. The Balaban J connectivity index is 0.00000180. The largest absolute Gasteiger partial charge is 1.00 e. The van der Waals surface area contributed by atoms with Crippen LogP contribution < -0.4 is 29.6 Å². The third-order valence-corrected chi connectivity index (χ3v) is 2.64. The van der Waals surface area contributed by atoms with E-state index in [1.165, 1.54) is 0 Å². The molecule has 1 aromatic carbocycles.